The van der Waals surface area contributed by atoms with E-state index in [-0.39, 0.29) is 5.91 Å². The first-order valence-electron chi connectivity index (χ1n) is 8.74. The number of benzene rings is 1. The fraction of sp³-hybridized carbons (Fsp3) is 0.611. The van der Waals surface area contributed by atoms with Gasteiger partial charge in [-0.2, -0.15) is 0 Å². The molecule has 2 N–H and O–H groups in total. The zero-order valence-electron chi connectivity index (χ0n) is 14.0. The molecular formula is C18H28N4O. The van der Waals surface area contributed by atoms with Crippen molar-refractivity contribution in [3.05, 3.63) is 35.9 Å². The van der Waals surface area contributed by atoms with Crippen LogP contribution in [0.25, 0.3) is 0 Å². The molecule has 2 saturated heterocycles. The van der Waals surface area contributed by atoms with E-state index in [9.17, 15) is 4.79 Å². The number of nitrogens with zero attached hydrogens (tertiary/aromatic N) is 3. The average Bonchev–Trinajstić information content (AvgIpc) is 3.11. The van der Waals surface area contributed by atoms with Gasteiger partial charge in [0.15, 0.2) is 0 Å². The molecule has 0 aliphatic carbocycles. The Hall–Kier alpha value is -1.43. The summed E-state index contributed by atoms with van der Waals surface area (Å²) in [5.41, 5.74) is 7.07. The fourth-order valence-electron chi connectivity index (χ4n) is 3.68. The van der Waals surface area contributed by atoms with Gasteiger partial charge in [0.2, 0.25) is 5.91 Å². The van der Waals surface area contributed by atoms with Crippen LogP contribution in [0.15, 0.2) is 30.3 Å². The van der Waals surface area contributed by atoms with Gasteiger partial charge in [0, 0.05) is 45.3 Å². The maximum atomic E-state index is 12.6. The Morgan fingerprint density at radius 3 is 2.52 bits per heavy atom. The minimum Gasteiger partial charge on any atom is -0.339 e. The first kappa shape index (κ1) is 16.4. The van der Waals surface area contributed by atoms with Crippen molar-refractivity contribution in [3.8, 4) is 0 Å². The number of rotatable bonds is 4. The van der Waals surface area contributed by atoms with Gasteiger partial charge >= 0.3 is 0 Å². The molecule has 1 amide bonds. The highest BCUT2D eigenvalue weighted by Crippen LogP contribution is 2.21. The Balaban J connectivity index is 1.54. The molecule has 126 valence electrons. The van der Waals surface area contributed by atoms with Gasteiger partial charge in [-0.3, -0.25) is 9.69 Å². The SMILES string of the molecule is CCN1CCN([C@@H]2CCN(C(=O)[C@@H](N)c3ccccc3)C2)CC1. The summed E-state index contributed by atoms with van der Waals surface area (Å²) in [4.78, 5) is 19.6. The normalized spacial score (nSPS) is 24.8. The quantitative estimate of drug-likeness (QED) is 0.898. The van der Waals surface area contributed by atoms with Gasteiger partial charge in [0.25, 0.3) is 0 Å². The lowest BCUT2D eigenvalue weighted by Crippen LogP contribution is -2.51. The zero-order valence-corrected chi connectivity index (χ0v) is 14.0. The van der Waals surface area contributed by atoms with E-state index in [1.165, 1.54) is 0 Å². The number of piperazine rings is 1. The van der Waals surface area contributed by atoms with Crippen molar-refractivity contribution in [3.63, 3.8) is 0 Å². The standard InChI is InChI=1S/C18H28N4O/c1-2-20-10-12-21(13-11-20)16-8-9-22(14-16)18(23)17(19)15-6-4-3-5-7-15/h3-7,16-17H,2,8-14,19H2,1H3/t16-,17+/m1/s1. The third kappa shape index (κ3) is 3.74. The van der Waals surface area contributed by atoms with Crippen LogP contribution in [0.1, 0.15) is 24.9 Å². The van der Waals surface area contributed by atoms with E-state index < -0.39 is 6.04 Å². The lowest BCUT2D eigenvalue weighted by Gasteiger charge is -2.37. The van der Waals surface area contributed by atoms with Crippen molar-refractivity contribution >= 4 is 5.91 Å². The van der Waals surface area contributed by atoms with Crippen molar-refractivity contribution in [1.82, 2.24) is 14.7 Å². The summed E-state index contributed by atoms with van der Waals surface area (Å²) in [6.45, 7) is 9.53. The Labute approximate surface area is 139 Å². The highest BCUT2D eigenvalue weighted by Gasteiger charge is 2.33. The molecule has 1 aromatic carbocycles. The molecular weight excluding hydrogens is 288 g/mol. The molecule has 2 heterocycles. The molecule has 2 aliphatic heterocycles. The molecule has 0 bridgehead atoms. The van der Waals surface area contributed by atoms with Crippen LogP contribution in [-0.4, -0.2) is 72.5 Å². The molecule has 2 fully saturated rings. The molecule has 0 unspecified atom stereocenters. The summed E-state index contributed by atoms with van der Waals surface area (Å²) >= 11 is 0. The molecule has 0 radical (unpaired) electrons. The molecule has 3 rings (SSSR count). The summed E-state index contributed by atoms with van der Waals surface area (Å²) in [5.74, 6) is 0.0610. The van der Waals surface area contributed by atoms with Crippen LogP contribution in [0, 0.1) is 0 Å². The van der Waals surface area contributed by atoms with E-state index in [1.54, 1.807) is 0 Å². The third-order valence-electron chi connectivity index (χ3n) is 5.27. The zero-order chi connectivity index (χ0) is 16.2. The van der Waals surface area contributed by atoms with Crippen LogP contribution in [0.2, 0.25) is 0 Å². The number of carbonyl (C=O) groups excluding carboxylic acids is 1. The minimum absolute atomic E-state index is 0.0610. The van der Waals surface area contributed by atoms with Crippen molar-refractivity contribution in [2.45, 2.75) is 25.4 Å². The maximum absolute atomic E-state index is 12.6. The Bertz CT molecular complexity index is 513. The summed E-state index contributed by atoms with van der Waals surface area (Å²) in [6.07, 6.45) is 1.07. The van der Waals surface area contributed by atoms with Gasteiger partial charge in [0.1, 0.15) is 6.04 Å². The monoisotopic (exact) mass is 316 g/mol. The van der Waals surface area contributed by atoms with E-state index in [0.717, 1.165) is 57.8 Å². The predicted octanol–water partition coefficient (Wildman–Crippen LogP) is 0.925. The van der Waals surface area contributed by atoms with Crippen LogP contribution in [-0.2, 0) is 4.79 Å². The van der Waals surface area contributed by atoms with E-state index in [2.05, 4.69) is 16.7 Å². The minimum atomic E-state index is -0.535. The maximum Gasteiger partial charge on any atom is 0.244 e. The van der Waals surface area contributed by atoms with Gasteiger partial charge in [-0.25, -0.2) is 0 Å². The molecule has 0 saturated carbocycles. The van der Waals surface area contributed by atoms with Gasteiger partial charge in [-0.15, -0.1) is 0 Å². The molecule has 5 heteroatoms. The molecule has 2 aliphatic rings. The van der Waals surface area contributed by atoms with Crippen LogP contribution >= 0.6 is 0 Å². The number of hydrogen-bond acceptors (Lipinski definition) is 4. The first-order valence-corrected chi connectivity index (χ1v) is 8.74. The number of likely N-dealkylation sites (N-methyl/N-ethyl adjacent to an activating group) is 1. The lowest BCUT2D eigenvalue weighted by molar-refractivity contribution is -0.131. The van der Waals surface area contributed by atoms with E-state index in [0.29, 0.717) is 6.04 Å². The number of carbonyl (C=O) groups is 1. The molecule has 5 nitrogen and oxygen atoms in total. The highest BCUT2D eigenvalue weighted by atomic mass is 16.2. The van der Waals surface area contributed by atoms with Crippen molar-refractivity contribution in [2.24, 2.45) is 5.73 Å². The number of amides is 1. The van der Waals surface area contributed by atoms with Gasteiger partial charge in [0.05, 0.1) is 0 Å². The Morgan fingerprint density at radius 2 is 1.87 bits per heavy atom. The summed E-state index contributed by atoms with van der Waals surface area (Å²) < 4.78 is 0. The summed E-state index contributed by atoms with van der Waals surface area (Å²) in [6, 6.07) is 9.64. The number of likely N-dealkylation sites (tertiary alicyclic amines) is 1. The van der Waals surface area contributed by atoms with Crippen LogP contribution in [0.3, 0.4) is 0 Å². The van der Waals surface area contributed by atoms with Crippen LogP contribution in [0.5, 0.6) is 0 Å². The second kappa shape index (κ2) is 7.43. The highest BCUT2D eigenvalue weighted by molar-refractivity contribution is 5.83. The fourth-order valence-corrected chi connectivity index (χ4v) is 3.68. The lowest BCUT2D eigenvalue weighted by atomic mass is 10.1. The second-order valence-electron chi connectivity index (χ2n) is 6.59. The van der Waals surface area contributed by atoms with Crippen molar-refractivity contribution < 1.29 is 4.79 Å². The second-order valence-corrected chi connectivity index (χ2v) is 6.59. The van der Waals surface area contributed by atoms with E-state index in [1.807, 2.05) is 35.2 Å². The number of nitrogens with two attached hydrogens (primary N) is 1. The molecule has 1 aromatic rings. The molecule has 0 spiro atoms. The predicted molar refractivity (Wildman–Crippen MR) is 92.0 cm³/mol. The number of hydrogen-bond donors (Lipinski definition) is 1. The topological polar surface area (TPSA) is 52.8 Å². The third-order valence-corrected chi connectivity index (χ3v) is 5.27. The first-order chi connectivity index (χ1) is 11.2. The van der Waals surface area contributed by atoms with Crippen LogP contribution < -0.4 is 5.73 Å². The van der Waals surface area contributed by atoms with Gasteiger partial charge in [-0.1, -0.05) is 37.3 Å². The van der Waals surface area contributed by atoms with Crippen molar-refractivity contribution in [1.29, 1.82) is 0 Å². The molecule has 23 heavy (non-hydrogen) atoms. The van der Waals surface area contributed by atoms with Gasteiger partial charge < -0.3 is 15.5 Å². The Morgan fingerprint density at radius 1 is 1.17 bits per heavy atom. The van der Waals surface area contributed by atoms with Crippen LogP contribution in [0.4, 0.5) is 0 Å². The van der Waals surface area contributed by atoms with E-state index >= 15 is 0 Å². The molecule has 2 atom stereocenters. The van der Waals surface area contributed by atoms with Crippen molar-refractivity contribution in [2.75, 3.05) is 45.8 Å². The Kier molecular flexibility index (Phi) is 5.30. The largest absolute Gasteiger partial charge is 0.339 e. The van der Waals surface area contributed by atoms with Gasteiger partial charge in [-0.05, 0) is 18.5 Å². The smallest absolute Gasteiger partial charge is 0.244 e. The molecule has 0 aromatic heterocycles. The summed E-state index contributed by atoms with van der Waals surface area (Å²) in [5, 5.41) is 0. The van der Waals surface area contributed by atoms with E-state index in [4.69, 9.17) is 5.73 Å². The summed E-state index contributed by atoms with van der Waals surface area (Å²) in [7, 11) is 0. The average molecular weight is 316 g/mol.